The summed E-state index contributed by atoms with van der Waals surface area (Å²) in [6.45, 7) is 0. The SMILES string of the molecule is O=C(O)CCCC(C(=O)O)C1CCCC1=O. The van der Waals surface area contributed by atoms with Crippen LogP contribution in [-0.2, 0) is 14.4 Å². The number of ketones is 1. The first-order valence-corrected chi connectivity index (χ1v) is 5.49. The fourth-order valence-corrected chi connectivity index (χ4v) is 2.24. The predicted octanol–water partition coefficient (Wildman–Crippen LogP) is 1.31. The molecule has 1 aliphatic carbocycles. The number of aliphatic carboxylic acids is 2. The maximum absolute atomic E-state index is 11.4. The Hall–Kier alpha value is -1.39. The van der Waals surface area contributed by atoms with E-state index < -0.39 is 23.8 Å². The summed E-state index contributed by atoms with van der Waals surface area (Å²) < 4.78 is 0. The number of hydrogen-bond acceptors (Lipinski definition) is 3. The zero-order valence-corrected chi connectivity index (χ0v) is 9.02. The fourth-order valence-electron chi connectivity index (χ4n) is 2.24. The Morgan fingerprint density at radius 2 is 2.06 bits per heavy atom. The van der Waals surface area contributed by atoms with Crippen molar-refractivity contribution in [1.82, 2.24) is 0 Å². The minimum Gasteiger partial charge on any atom is -0.481 e. The topological polar surface area (TPSA) is 91.7 Å². The quantitative estimate of drug-likeness (QED) is 0.715. The van der Waals surface area contributed by atoms with Gasteiger partial charge in [-0.05, 0) is 25.7 Å². The van der Waals surface area contributed by atoms with Gasteiger partial charge in [-0.1, -0.05) is 0 Å². The van der Waals surface area contributed by atoms with E-state index in [1.54, 1.807) is 0 Å². The van der Waals surface area contributed by atoms with Gasteiger partial charge >= 0.3 is 11.9 Å². The van der Waals surface area contributed by atoms with E-state index in [0.29, 0.717) is 19.3 Å². The van der Waals surface area contributed by atoms with Crippen molar-refractivity contribution in [2.75, 3.05) is 0 Å². The van der Waals surface area contributed by atoms with Gasteiger partial charge in [-0.2, -0.15) is 0 Å². The van der Waals surface area contributed by atoms with Gasteiger partial charge in [-0.15, -0.1) is 0 Å². The zero-order chi connectivity index (χ0) is 12.1. The van der Waals surface area contributed by atoms with Gasteiger partial charge in [0, 0.05) is 18.8 Å². The number of carbonyl (C=O) groups is 3. The number of carbonyl (C=O) groups excluding carboxylic acids is 1. The average Bonchev–Trinajstić information content (AvgIpc) is 2.58. The summed E-state index contributed by atoms with van der Waals surface area (Å²) in [6.07, 6.45) is 2.40. The van der Waals surface area contributed by atoms with Gasteiger partial charge in [0.2, 0.25) is 0 Å². The molecule has 0 radical (unpaired) electrons. The van der Waals surface area contributed by atoms with E-state index >= 15 is 0 Å². The van der Waals surface area contributed by atoms with Crippen LogP contribution in [0, 0.1) is 11.8 Å². The monoisotopic (exact) mass is 228 g/mol. The van der Waals surface area contributed by atoms with E-state index in [1.807, 2.05) is 0 Å². The molecule has 0 amide bonds. The van der Waals surface area contributed by atoms with Gasteiger partial charge in [0.05, 0.1) is 5.92 Å². The van der Waals surface area contributed by atoms with Crippen LogP contribution in [0.4, 0.5) is 0 Å². The van der Waals surface area contributed by atoms with E-state index in [0.717, 1.165) is 6.42 Å². The van der Waals surface area contributed by atoms with Gasteiger partial charge in [0.15, 0.2) is 0 Å². The van der Waals surface area contributed by atoms with E-state index in [2.05, 4.69) is 0 Å². The van der Waals surface area contributed by atoms with Crippen molar-refractivity contribution >= 4 is 17.7 Å². The van der Waals surface area contributed by atoms with Crippen molar-refractivity contribution in [1.29, 1.82) is 0 Å². The van der Waals surface area contributed by atoms with Crippen LogP contribution in [0.25, 0.3) is 0 Å². The Morgan fingerprint density at radius 1 is 1.38 bits per heavy atom. The lowest BCUT2D eigenvalue weighted by Gasteiger charge is -2.17. The third kappa shape index (κ3) is 3.32. The van der Waals surface area contributed by atoms with E-state index in [-0.39, 0.29) is 18.6 Å². The summed E-state index contributed by atoms with van der Waals surface area (Å²) in [7, 11) is 0. The van der Waals surface area contributed by atoms with Gasteiger partial charge in [0.25, 0.3) is 0 Å². The smallest absolute Gasteiger partial charge is 0.307 e. The average molecular weight is 228 g/mol. The third-order valence-corrected chi connectivity index (χ3v) is 3.06. The number of hydrogen-bond donors (Lipinski definition) is 2. The summed E-state index contributed by atoms with van der Waals surface area (Å²) in [6, 6.07) is 0. The molecule has 90 valence electrons. The molecule has 1 aliphatic rings. The molecular weight excluding hydrogens is 212 g/mol. The number of carboxylic acid groups (broad SMARTS) is 2. The van der Waals surface area contributed by atoms with Crippen molar-refractivity contribution in [2.24, 2.45) is 11.8 Å². The Bertz CT molecular complexity index is 297. The Morgan fingerprint density at radius 3 is 2.50 bits per heavy atom. The van der Waals surface area contributed by atoms with E-state index in [4.69, 9.17) is 10.2 Å². The second-order valence-electron chi connectivity index (χ2n) is 4.20. The van der Waals surface area contributed by atoms with Crippen LogP contribution < -0.4 is 0 Å². The molecule has 2 atom stereocenters. The first kappa shape index (κ1) is 12.7. The van der Waals surface area contributed by atoms with Crippen molar-refractivity contribution < 1.29 is 24.6 Å². The van der Waals surface area contributed by atoms with Crippen LogP contribution in [0.2, 0.25) is 0 Å². The molecule has 2 N–H and O–H groups in total. The van der Waals surface area contributed by atoms with Crippen LogP contribution in [0.3, 0.4) is 0 Å². The molecule has 1 fully saturated rings. The van der Waals surface area contributed by atoms with E-state index in [1.165, 1.54) is 0 Å². The summed E-state index contributed by atoms with van der Waals surface area (Å²) in [5.74, 6) is -2.99. The Balaban J connectivity index is 2.50. The van der Waals surface area contributed by atoms with Crippen LogP contribution in [0.15, 0.2) is 0 Å². The zero-order valence-electron chi connectivity index (χ0n) is 9.02. The molecule has 5 heteroatoms. The van der Waals surface area contributed by atoms with Crippen LogP contribution >= 0.6 is 0 Å². The molecular formula is C11H16O5. The number of Topliss-reactive ketones (excluding diaryl/α,β-unsaturated/α-hetero) is 1. The minimum absolute atomic E-state index is 0.0164. The molecule has 1 saturated carbocycles. The summed E-state index contributed by atoms with van der Waals surface area (Å²) in [5.41, 5.74) is 0. The first-order valence-electron chi connectivity index (χ1n) is 5.49. The summed E-state index contributed by atoms with van der Waals surface area (Å²) in [5, 5.41) is 17.5. The highest BCUT2D eigenvalue weighted by atomic mass is 16.4. The molecule has 0 spiro atoms. The van der Waals surface area contributed by atoms with Gasteiger partial charge in [0.1, 0.15) is 5.78 Å². The highest BCUT2D eigenvalue weighted by molar-refractivity contribution is 5.87. The van der Waals surface area contributed by atoms with Crippen molar-refractivity contribution in [3.05, 3.63) is 0 Å². The second kappa shape index (κ2) is 5.63. The molecule has 16 heavy (non-hydrogen) atoms. The molecule has 0 bridgehead atoms. The molecule has 5 nitrogen and oxygen atoms in total. The predicted molar refractivity (Wildman–Crippen MR) is 55.0 cm³/mol. The Labute approximate surface area is 93.5 Å². The highest BCUT2D eigenvalue weighted by Crippen LogP contribution is 2.31. The molecule has 0 heterocycles. The van der Waals surface area contributed by atoms with Crippen molar-refractivity contribution in [3.63, 3.8) is 0 Å². The van der Waals surface area contributed by atoms with Crippen LogP contribution in [0.5, 0.6) is 0 Å². The maximum atomic E-state index is 11.4. The molecule has 0 aromatic carbocycles. The Kier molecular flexibility index (Phi) is 4.46. The van der Waals surface area contributed by atoms with Crippen LogP contribution in [-0.4, -0.2) is 27.9 Å². The number of rotatable bonds is 6. The van der Waals surface area contributed by atoms with Crippen LogP contribution in [0.1, 0.15) is 38.5 Å². The lowest BCUT2D eigenvalue weighted by Crippen LogP contribution is -2.26. The molecule has 0 aromatic rings. The van der Waals surface area contributed by atoms with Crippen molar-refractivity contribution in [3.8, 4) is 0 Å². The molecule has 1 rings (SSSR count). The highest BCUT2D eigenvalue weighted by Gasteiger charge is 2.35. The summed E-state index contributed by atoms with van der Waals surface area (Å²) >= 11 is 0. The fraction of sp³-hybridized carbons (Fsp3) is 0.727. The van der Waals surface area contributed by atoms with Gasteiger partial charge in [-0.25, -0.2) is 0 Å². The number of carboxylic acids is 2. The first-order chi connectivity index (χ1) is 7.52. The molecule has 0 aliphatic heterocycles. The van der Waals surface area contributed by atoms with Crippen molar-refractivity contribution in [2.45, 2.75) is 38.5 Å². The second-order valence-corrected chi connectivity index (χ2v) is 4.20. The van der Waals surface area contributed by atoms with Gasteiger partial charge in [-0.3, -0.25) is 14.4 Å². The molecule has 0 saturated heterocycles. The maximum Gasteiger partial charge on any atom is 0.307 e. The standard InChI is InChI=1S/C11H16O5/c12-9-5-1-3-7(9)8(11(15)16)4-2-6-10(13)14/h7-8H,1-6H2,(H,13,14)(H,15,16). The minimum atomic E-state index is -0.981. The van der Waals surface area contributed by atoms with E-state index in [9.17, 15) is 14.4 Å². The molecule has 2 unspecified atom stereocenters. The summed E-state index contributed by atoms with van der Waals surface area (Å²) in [4.78, 5) is 32.8. The largest absolute Gasteiger partial charge is 0.481 e. The lowest BCUT2D eigenvalue weighted by molar-refractivity contribution is -0.147. The van der Waals surface area contributed by atoms with Gasteiger partial charge < -0.3 is 10.2 Å². The molecule has 0 aromatic heterocycles. The normalized spacial score (nSPS) is 22.0. The lowest BCUT2D eigenvalue weighted by atomic mass is 9.86. The third-order valence-electron chi connectivity index (χ3n) is 3.06.